The van der Waals surface area contributed by atoms with Gasteiger partial charge in [-0.2, -0.15) is 0 Å². The van der Waals surface area contributed by atoms with Gasteiger partial charge in [0.2, 0.25) is 0 Å². The lowest BCUT2D eigenvalue weighted by atomic mass is 10.0. The molecule has 0 aliphatic heterocycles. The summed E-state index contributed by atoms with van der Waals surface area (Å²) in [7, 11) is 0. The summed E-state index contributed by atoms with van der Waals surface area (Å²) in [5.74, 6) is 0.00413. The van der Waals surface area contributed by atoms with Crippen LogP contribution in [0.25, 0.3) is 0 Å². The minimum Gasteiger partial charge on any atom is -0.482 e. The van der Waals surface area contributed by atoms with Crippen LogP contribution in [-0.2, 0) is 27.2 Å². The number of hydrogen-bond donors (Lipinski definition) is 1. The smallest absolute Gasteiger partial charge is 0.344 e. The van der Waals surface area contributed by atoms with Gasteiger partial charge in [0.05, 0.1) is 0 Å². The zero-order valence-electron chi connectivity index (χ0n) is 15.8. The van der Waals surface area contributed by atoms with E-state index < -0.39 is 5.97 Å². The molecule has 0 saturated heterocycles. The van der Waals surface area contributed by atoms with Crippen molar-refractivity contribution in [2.24, 2.45) is 0 Å². The van der Waals surface area contributed by atoms with E-state index in [4.69, 9.17) is 9.47 Å². The van der Waals surface area contributed by atoms with Gasteiger partial charge < -0.3 is 14.8 Å². The number of rotatable bonds is 7. The molecular weight excluding hydrogens is 342 g/mol. The third kappa shape index (κ3) is 5.09. The van der Waals surface area contributed by atoms with Gasteiger partial charge in [0, 0.05) is 5.69 Å². The van der Waals surface area contributed by atoms with Gasteiger partial charge in [0.25, 0.3) is 5.91 Å². The van der Waals surface area contributed by atoms with Crippen molar-refractivity contribution in [1.82, 2.24) is 0 Å². The Morgan fingerprint density at radius 2 is 1.81 bits per heavy atom. The number of para-hydroxylation sites is 1. The second kappa shape index (κ2) is 8.71. The third-order valence-corrected chi connectivity index (χ3v) is 4.65. The number of benzene rings is 2. The Bertz CT molecular complexity index is 829. The fraction of sp³-hybridized carbons (Fsp3) is 0.364. The molecule has 0 atom stereocenters. The molecule has 0 radical (unpaired) electrons. The van der Waals surface area contributed by atoms with E-state index in [0.29, 0.717) is 5.75 Å². The molecule has 0 unspecified atom stereocenters. The molecule has 5 nitrogen and oxygen atoms in total. The molecule has 1 N–H and O–H groups in total. The molecule has 3 rings (SSSR count). The molecule has 0 heterocycles. The quantitative estimate of drug-likeness (QED) is 0.755. The maximum absolute atomic E-state index is 12.1. The predicted molar refractivity (Wildman–Crippen MR) is 104 cm³/mol. The van der Waals surface area contributed by atoms with Crippen LogP contribution in [0.3, 0.4) is 0 Å². The summed E-state index contributed by atoms with van der Waals surface area (Å²) in [6.07, 6.45) is 3.32. The first-order chi connectivity index (χ1) is 13.0. The van der Waals surface area contributed by atoms with Gasteiger partial charge in [-0.15, -0.1) is 0 Å². The van der Waals surface area contributed by atoms with Crippen LogP contribution >= 0.6 is 0 Å². The standard InChI is InChI=1S/C22H25NO4/c1-15(2)19-8-3-4-9-20(19)23-21(24)13-27-22(25)14-26-18-11-10-16-6-5-7-17(16)12-18/h3-4,8-12,15H,5-7,13-14H2,1-2H3,(H,23,24). The highest BCUT2D eigenvalue weighted by Crippen LogP contribution is 2.26. The van der Waals surface area contributed by atoms with Crippen LogP contribution in [0.2, 0.25) is 0 Å². The largest absolute Gasteiger partial charge is 0.482 e. The average molecular weight is 367 g/mol. The van der Waals surface area contributed by atoms with Crippen LogP contribution in [0.4, 0.5) is 5.69 Å². The molecule has 0 saturated carbocycles. The molecule has 1 aliphatic carbocycles. The van der Waals surface area contributed by atoms with E-state index in [-0.39, 0.29) is 25.0 Å². The molecule has 142 valence electrons. The molecule has 1 aliphatic rings. The first-order valence-corrected chi connectivity index (χ1v) is 9.32. The highest BCUT2D eigenvalue weighted by Gasteiger charge is 2.14. The number of carbonyl (C=O) groups excluding carboxylic acids is 2. The zero-order chi connectivity index (χ0) is 19.2. The van der Waals surface area contributed by atoms with Crippen molar-refractivity contribution in [1.29, 1.82) is 0 Å². The van der Waals surface area contributed by atoms with Crippen LogP contribution in [-0.4, -0.2) is 25.1 Å². The summed E-state index contributed by atoms with van der Waals surface area (Å²) >= 11 is 0. The molecule has 0 fully saturated rings. The van der Waals surface area contributed by atoms with Crippen LogP contribution < -0.4 is 10.1 Å². The lowest BCUT2D eigenvalue weighted by molar-refractivity contribution is -0.149. The van der Waals surface area contributed by atoms with Gasteiger partial charge in [-0.1, -0.05) is 38.1 Å². The number of esters is 1. The predicted octanol–water partition coefficient (Wildman–Crippen LogP) is 3.86. The Hall–Kier alpha value is -2.82. The number of carbonyl (C=O) groups is 2. The second-order valence-corrected chi connectivity index (χ2v) is 7.02. The van der Waals surface area contributed by atoms with Crippen LogP contribution in [0.15, 0.2) is 42.5 Å². The minimum absolute atomic E-state index is 0.214. The first-order valence-electron chi connectivity index (χ1n) is 9.32. The van der Waals surface area contributed by atoms with Crippen molar-refractivity contribution in [3.05, 3.63) is 59.2 Å². The van der Waals surface area contributed by atoms with Crippen molar-refractivity contribution >= 4 is 17.6 Å². The van der Waals surface area contributed by atoms with Crippen LogP contribution in [0.1, 0.15) is 42.9 Å². The number of hydrogen-bond acceptors (Lipinski definition) is 4. The number of nitrogens with one attached hydrogen (secondary N) is 1. The average Bonchev–Trinajstić information content (AvgIpc) is 3.12. The molecule has 27 heavy (non-hydrogen) atoms. The molecule has 0 aromatic heterocycles. The van der Waals surface area contributed by atoms with E-state index in [2.05, 4.69) is 19.2 Å². The summed E-state index contributed by atoms with van der Waals surface area (Å²) in [4.78, 5) is 23.9. The number of aryl methyl sites for hydroxylation is 2. The van der Waals surface area contributed by atoms with E-state index in [0.717, 1.165) is 30.5 Å². The summed E-state index contributed by atoms with van der Waals surface area (Å²) in [5.41, 5.74) is 4.41. The normalized spacial score (nSPS) is 12.6. The molecular formula is C22H25NO4. The molecule has 0 spiro atoms. The van der Waals surface area contributed by atoms with Crippen LogP contribution in [0.5, 0.6) is 5.75 Å². The lowest BCUT2D eigenvalue weighted by Gasteiger charge is -2.13. The maximum Gasteiger partial charge on any atom is 0.344 e. The monoisotopic (exact) mass is 367 g/mol. The Morgan fingerprint density at radius 3 is 2.63 bits per heavy atom. The Labute approximate surface area is 159 Å². The first kappa shape index (κ1) is 19.0. The van der Waals surface area contributed by atoms with E-state index in [1.807, 2.05) is 42.5 Å². The zero-order valence-corrected chi connectivity index (χ0v) is 15.8. The van der Waals surface area contributed by atoms with E-state index >= 15 is 0 Å². The van der Waals surface area contributed by atoms with Crippen LogP contribution in [0, 0.1) is 0 Å². The number of anilines is 1. The number of amides is 1. The fourth-order valence-corrected chi connectivity index (χ4v) is 3.27. The molecule has 1 amide bonds. The van der Waals surface area contributed by atoms with E-state index in [9.17, 15) is 9.59 Å². The molecule has 2 aromatic carbocycles. The second-order valence-electron chi connectivity index (χ2n) is 7.02. The van der Waals surface area contributed by atoms with Gasteiger partial charge in [-0.3, -0.25) is 4.79 Å². The lowest BCUT2D eigenvalue weighted by Crippen LogP contribution is -2.24. The Balaban J connectivity index is 1.44. The minimum atomic E-state index is -0.567. The van der Waals surface area contributed by atoms with Gasteiger partial charge in [-0.05, 0) is 60.1 Å². The molecule has 5 heteroatoms. The van der Waals surface area contributed by atoms with Crippen molar-refractivity contribution in [2.75, 3.05) is 18.5 Å². The van der Waals surface area contributed by atoms with Gasteiger partial charge in [-0.25, -0.2) is 4.79 Å². The van der Waals surface area contributed by atoms with Gasteiger partial charge >= 0.3 is 5.97 Å². The highest BCUT2D eigenvalue weighted by molar-refractivity contribution is 5.93. The Kier molecular flexibility index (Phi) is 6.12. The van der Waals surface area contributed by atoms with Crippen molar-refractivity contribution in [3.8, 4) is 5.75 Å². The van der Waals surface area contributed by atoms with Crippen molar-refractivity contribution in [2.45, 2.75) is 39.0 Å². The van der Waals surface area contributed by atoms with Crippen molar-refractivity contribution in [3.63, 3.8) is 0 Å². The Morgan fingerprint density at radius 1 is 1.04 bits per heavy atom. The highest BCUT2D eigenvalue weighted by atomic mass is 16.6. The number of ether oxygens (including phenoxy) is 2. The number of fused-ring (bicyclic) bond motifs is 1. The molecule has 2 aromatic rings. The summed E-state index contributed by atoms with van der Waals surface area (Å²) < 4.78 is 10.5. The molecule has 0 bridgehead atoms. The van der Waals surface area contributed by atoms with Crippen molar-refractivity contribution < 1.29 is 19.1 Å². The van der Waals surface area contributed by atoms with Gasteiger partial charge in [0.1, 0.15) is 5.75 Å². The summed E-state index contributed by atoms with van der Waals surface area (Å²) in [6, 6.07) is 13.5. The van der Waals surface area contributed by atoms with Gasteiger partial charge in [0.15, 0.2) is 13.2 Å². The summed E-state index contributed by atoms with van der Waals surface area (Å²) in [5, 5.41) is 2.79. The SMILES string of the molecule is CC(C)c1ccccc1NC(=O)COC(=O)COc1ccc2c(c1)CCC2. The van der Waals surface area contributed by atoms with E-state index in [1.54, 1.807) is 0 Å². The third-order valence-electron chi connectivity index (χ3n) is 4.65. The maximum atomic E-state index is 12.1. The fourth-order valence-electron chi connectivity index (χ4n) is 3.27. The van der Waals surface area contributed by atoms with E-state index in [1.165, 1.54) is 11.1 Å². The topological polar surface area (TPSA) is 64.6 Å². The summed E-state index contributed by atoms with van der Waals surface area (Å²) in [6.45, 7) is 3.57.